The zero-order valence-corrected chi connectivity index (χ0v) is 12.2. The zero-order valence-electron chi connectivity index (χ0n) is 12.2. The van der Waals surface area contributed by atoms with E-state index in [0.717, 1.165) is 43.6 Å². The number of hydrogen-bond acceptors (Lipinski definition) is 3. The third-order valence-electron chi connectivity index (χ3n) is 3.78. The van der Waals surface area contributed by atoms with Crippen molar-refractivity contribution < 1.29 is 9.90 Å². The lowest BCUT2D eigenvalue weighted by Crippen LogP contribution is -2.40. The Hall–Kier alpha value is -1.83. The van der Waals surface area contributed by atoms with Gasteiger partial charge in [0.15, 0.2) is 0 Å². The molecule has 1 aromatic rings. The molecule has 0 aliphatic carbocycles. The molecule has 3 N–H and O–H groups in total. The Labute approximate surface area is 125 Å². The molecule has 112 valence electrons. The third kappa shape index (κ3) is 4.59. The van der Waals surface area contributed by atoms with Gasteiger partial charge < -0.3 is 10.8 Å². The van der Waals surface area contributed by atoms with Crippen LogP contribution in [0.5, 0.6) is 0 Å². The highest BCUT2D eigenvalue weighted by atomic mass is 16.2. The number of aliphatic hydroxyl groups excluding tert-OH is 1. The second-order valence-electron chi connectivity index (χ2n) is 5.41. The predicted octanol–water partition coefficient (Wildman–Crippen LogP) is 1.12. The number of rotatable bonds is 4. The summed E-state index contributed by atoms with van der Waals surface area (Å²) in [6.45, 7) is 2.59. The summed E-state index contributed by atoms with van der Waals surface area (Å²) in [7, 11) is 0. The molecule has 0 spiro atoms. The predicted molar refractivity (Wildman–Crippen MR) is 82.2 cm³/mol. The lowest BCUT2D eigenvalue weighted by atomic mass is 9.96. The molecular weight excluding hydrogens is 264 g/mol. The average Bonchev–Trinajstić information content (AvgIpc) is 2.49. The van der Waals surface area contributed by atoms with Gasteiger partial charge in [-0.25, -0.2) is 0 Å². The Morgan fingerprint density at radius 1 is 1.43 bits per heavy atom. The first-order valence-electron chi connectivity index (χ1n) is 7.40. The van der Waals surface area contributed by atoms with Crippen LogP contribution < -0.4 is 5.73 Å². The minimum absolute atomic E-state index is 0.0358. The van der Waals surface area contributed by atoms with E-state index in [2.05, 4.69) is 22.8 Å². The minimum Gasteiger partial charge on any atom is -0.395 e. The fourth-order valence-corrected chi connectivity index (χ4v) is 2.67. The van der Waals surface area contributed by atoms with Crippen molar-refractivity contribution >= 4 is 5.91 Å². The van der Waals surface area contributed by atoms with Crippen LogP contribution in [0.15, 0.2) is 24.3 Å². The van der Waals surface area contributed by atoms with E-state index in [0.29, 0.717) is 6.42 Å². The van der Waals surface area contributed by atoms with E-state index in [1.54, 1.807) is 0 Å². The van der Waals surface area contributed by atoms with Crippen LogP contribution in [-0.2, 0) is 11.3 Å². The molecular formula is C17H22N2O2. The number of benzene rings is 1. The fourth-order valence-electron chi connectivity index (χ4n) is 2.67. The molecule has 4 heteroatoms. The Morgan fingerprint density at radius 2 is 2.24 bits per heavy atom. The fraction of sp³-hybridized carbons (Fsp3) is 0.471. The van der Waals surface area contributed by atoms with E-state index in [-0.39, 0.29) is 18.4 Å². The van der Waals surface area contributed by atoms with E-state index in [1.165, 1.54) is 0 Å². The Kier molecular flexibility index (Phi) is 5.79. The molecule has 0 bridgehead atoms. The summed E-state index contributed by atoms with van der Waals surface area (Å²) in [4.78, 5) is 13.6. The molecule has 1 atom stereocenters. The summed E-state index contributed by atoms with van der Waals surface area (Å²) < 4.78 is 0. The van der Waals surface area contributed by atoms with Gasteiger partial charge in [0.2, 0.25) is 5.91 Å². The molecule has 21 heavy (non-hydrogen) atoms. The SMILES string of the molecule is NC(=O)C1CCCN(Cc2ccccc2C#CCCO)C1. The van der Waals surface area contributed by atoms with Crippen molar-refractivity contribution in [1.29, 1.82) is 0 Å². The first-order valence-corrected chi connectivity index (χ1v) is 7.40. The largest absolute Gasteiger partial charge is 0.395 e. The maximum absolute atomic E-state index is 11.3. The Morgan fingerprint density at radius 3 is 3.00 bits per heavy atom. The summed E-state index contributed by atoms with van der Waals surface area (Å²) in [6.07, 6.45) is 2.39. The standard InChI is InChI=1S/C17H22N2O2/c18-17(21)16-9-5-10-19(13-16)12-15-8-2-1-6-14(15)7-3-4-11-20/h1-2,6,8,16,20H,4-5,9-13H2,(H2,18,21). The van der Waals surface area contributed by atoms with Crippen molar-refractivity contribution in [3.05, 3.63) is 35.4 Å². The van der Waals surface area contributed by atoms with E-state index in [9.17, 15) is 4.79 Å². The smallest absolute Gasteiger partial charge is 0.221 e. The number of hydrogen-bond donors (Lipinski definition) is 2. The van der Waals surface area contributed by atoms with E-state index >= 15 is 0 Å². The van der Waals surface area contributed by atoms with Crippen LogP contribution in [0.1, 0.15) is 30.4 Å². The molecule has 1 saturated heterocycles. The van der Waals surface area contributed by atoms with Gasteiger partial charge in [0.05, 0.1) is 12.5 Å². The molecule has 1 amide bonds. The first kappa shape index (κ1) is 15.6. The third-order valence-corrected chi connectivity index (χ3v) is 3.78. The molecule has 1 unspecified atom stereocenters. The van der Waals surface area contributed by atoms with Gasteiger partial charge in [-0.05, 0) is 31.0 Å². The second-order valence-corrected chi connectivity index (χ2v) is 5.41. The topological polar surface area (TPSA) is 66.6 Å². The molecule has 1 aliphatic heterocycles. The second kappa shape index (κ2) is 7.82. The van der Waals surface area contributed by atoms with Crippen molar-refractivity contribution in [3.8, 4) is 11.8 Å². The van der Waals surface area contributed by atoms with Gasteiger partial charge in [0.1, 0.15) is 0 Å². The van der Waals surface area contributed by atoms with Crippen LogP contribution >= 0.6 is 0 Å². The quantitative estimate of drug-likeness (QED) is 0.815. The van der Waals surface area contributed by atoms with Crippen molar-refractivity contribution in [3.63, 3.8) is 0 Å². The van der Waals surface area contributed by atoms with Crippen LogP contribution in [0.2, 0.25) is 0 Å². The highest BCUT2D eigenvalue weighted by molar-refractivity contribution is 5.76. The molecule has 0 aromatic heterocycles. The van der Waals surface area contributed by atoms with Gasteiger partial charge >= 0.3 is 0 Å². The van der Waals surface area contributed by atoms with Gasteiger partial charge in [0, 0.05) is 25.1 Å². The first-order chi connectivity index (χ1) is 10.2. The van der Waals surface area contributed by atoms with Gasteiger partial charge in [0.25, 0.3) is 0 Å². The Balaban J connectivity index is 2.06. The molecule has 0 radical (unpaired) electrons. The van der Waals surface area contributed by atoms with Crippen molar-refractivity contribution in [2.75, 3.05) is 19.7 Å². The van der Waals surface area contributed by atoms with Crippen LogP contribution in [0.25, 0.3) is 0 Å². The summed E-state index contributed by atoms with van der Waals surface area (Å²) in [5.74, 6) is 5.84. The van der Waals surface area contributed by atoms with Gasteiger partial charge in [-0.1, -0.05) is 30.0 Å². The number of piperidine rings is 1. The number of primary amides is 1. The zero-order chi connectivity index (χ0) is 15.1. The molecule has 1 aliphatic rings. The lowest BCUT2D eigenvalue weighted by molar-refractivity contribution is -0.123. The summed E-state index contributed by atoms with van der Waals surface area (Å²) in [5.41, 5.74) is 7.58. The number of nitrogens with two attached hydrogens (primary N) is 1. The highest BCUT2D eigenvalue weighted by Gasteiger charge is 2.24. The number of carbonyl (C=O) groups excluding carboxylic acids is 1. The summed E-state index contributed by atoms with van der Waals surface area (Å²) in [6, 6.07) is 8.03. The Bertz CT molecular complexity index is 545. The van der Waals surface area contributed by atoms with Crippen LogP contribution in [0.3, 0.4) is 0 Å². The van der Waals surface area contributed by atoms with Crippen LogP contribution in [0.4, 0.5) is 0 Å². The highest BCUT2D eigenvalue weighted by Crippen LogP contribution is 2.19. The van der Waals surface area contributed by atoms with Crippen LogP contribution in [-0.4, -0.2) is 35.6 Å². The van der Waals surface area contributed by atoms with Gasteiger partial charge in [-0.3, -0.25) is 9.69 Å². The summed E-state index contributed by atoms with van der Waals surface area (Å²) >= 11 is 0. The average molecular weight is 286 g/mol. The van der Waals surface area contributed by atoms with E-state index < -0.39 is 0 Å². The number of amides is 1. The molecule has 1 aromatic carbocycles. The maximum atomic E-state index is 11.3. The number of carbonyl (C=O) groups is 1. The molecule has 1 fully saturated rings. The minimum atomic E-state index is -0.198. The van der Waals surface area contributed by atoms with Gasteiger partial charge in [-0.2, -0.15) is 0 Å². The van der Waals surface area contributed by atoms with Crippen molar-refractivity contribution in [2.24, 2.45) is 11.7 Å². The molecule has 1 heterocycles. The monoisotopic (exact) mass is 286 g/mol. The lowest BCUT2D eigenvalue weighted by Gasteiger charge is -2.31. The molecule has 4 nitrogen and oxygen atoms in total. The van der Waals surface area contributed by atoms with Crippen LogP contribution in [0, 0.1) is 17.8 Å². The van der Waals surface area contributed by atoms with Gasteiger partial charge in [-0.15, -0.1) is 0 Å². The number of likely N-dealkylation sites (tertiary alicyclic amines) is 1. The normalized spacial score (nSPS) is 18.8. The molecule has 2 rings (SSSR count). The van der Waals surface area contributed by atoms with Crippen molar-refractivity contribution in [2.45, 2.75) is 25.8 Å². The summed E-state index contributed by atoms with van der Waals surface area (Å²) in [5, 5.41) is 8.80. The van der Waals surface area contributed by atoms with Crippen molar-refractivity contribution in [1.82, 2.24) is 4.90 Å². The van der Waals surface area contributed by atoms with E-state index in [4.69, 9.17) is 10.8 Å². The number of nitrogens with zero attached hydrogens (tertiary/aromatic N) is 1. The number of aliphatic hydroxyl groups is 1. The van der Waals surface area contributed by atoms with E-state index in [1.807, 2.05) is 18.2 Å². The molecule has 0 saturated carbocycles. The maximum Gasteiger partial charge on any atom is 0.221 e.